The zero-order chi connectivity index (χ0) is 7.84. The Morgan fingerprint density at radius 3 is 2.73 bits per heavy atom. The Morgan fingerprint density at radius 1 is 1.36 bits per heavy atom. The van der Waals surface area contributed by atoms with E-state index in [2.05, 4.69) is 12.1 Å². The quantitative estimate of drug-likeness (QED) is 0.520. The average molecular weight is 144 g/mol. The van der Waals surface area contributed by atoms with Crippen LogP contribution in [0, 0.1) is 34.5 Å². The summed E-state index contributed by atoms with van der Waals surface area (Å²) in [6.45, 7) is 0. The Labute approximate surface area is 65.7 Å². The molecule has 0 spiro atoms. The standard InChI is InChI=1S/C9H8N2/c10-4-8-6-1-2-7(3-6)9(8)5-11/h6,8H,1-3H2. The van der Waals surface area contributed by atoms with Gasteiger partial charge in [0.1, 0.15) is 0 Å². The van der Waals surface area contributed by atoms with E-state index in [4.69, 9.17) is 10.5 Å². The van der Waals surface area contributed by atoms with Crippen LogP contribution in [0.5, 0.6) is 0 Å². The Kier molecular flexibility index (Phi) is 1.23. The molecule has 0 aliphatic heterocycles. The van der Waals surface area contributed by atoms with Crippen molar-refractivity contribution in [2.75, 3.05) is 0 Å². The van der Waals surface area contributed by atoms with Crippen LogP contribution in [-0.2, 0) is 0 Å². The number of nitriles is 2. The van der Waals surface area contributed by atoms with E-state index in [0.29, 0.717) is 5.92 Å². The number of nitrogens with zero attached hydrogens (tertiary/aromatic N) is 2. The number of fused-ring (bicyclic) bond motifs is 2. The van der Waals surface area contributed by atoms with Crippen LogP contribution < -0.4 is 0 Å². The fourth-order valence-electron chi connectivity index (χ4n) is 2.18. The summed E-state index contributed by atoms with van der Waals surface area (Å²) in [5.74, 6) is 0.411. The van der Waals surface area contributed by atoms with Crippen LogP contribution in [0.15, 0.2) is 11.1 Å². The Bertz CT molecular complexity index is 301. The first-order valence-electron chi connectivity index (χ1n) is 3.88. The summed E-state index contributed by atoms with van der Waals surface area (Å²) in [6, 6.07) is 4.37. The molecular weight excluding hydrogens is 136 g/mol. The zero-order valence-electron chi connectivity index (χ0n) is 6.17. The molecule has 2 rings (SSSR count). The van der Waals surface area contributed by atoms with Gasteiger partial charge in [-0.3, -0.25) is 0 Å². The summed E-state index contributed by atoms with van der Waals surface area (Å²) in [5.41, 5.74) is 2.04. The van der Waals surface area contributed by atoms with Gasteiger partial charge in [-0.15, -0.1) is 0 Å². The fourth-order valence-corrected chi connectivity index (χ4v) is 2.18. The van der Waals surface area contributed by atoms with Crippen molar-refractivity contribution in [2.24, 2.45) is 11.8 Å². The van der Waals surface area contributed by atoms with Crippen LogP contribution in [-0.4, -0.2) is 0 Å². The number of hydrogen-bond acceptors (Lipinski definition) is 2. The highest BCUT2D eigenvalue weighted by molar-refractivity contribution is 5.42. The molecule has 0 amide bonds. The number of allylic oxidation sites excluding steroid dienone is 2. The molecule has 2 unspecified atom stereocenters. The summed E-state index contributed by atoms with van der Waals surface area (Å²) >= 11 is 0. The van der Waals surface area contributed by atoms with Crippen molar-refractivity contribution in [3.05, 3.63) is 11.1 Å². The predicted octanol–water partition coefficient (Wildman–Crippen LogP) is 1.76. The summed E-state index contributed by atoms with van der Waals surface area (Å²) in [7, 11) is 0. The molecule has 0 aromatic heterocycles. The molecule has 2 aliphatic carbocycles. The summed E-state index contributed by atoms with van der Waals surface area (Å²) in [5, 5.41) is 17.5. The van der Waals surface area contributed by atoms with Gasteiger partial charge in [-0.25, -0.2) is 0 Å². The van der Waals surface area contributed by atoms with E-state index < -0.39 is 0 Å². The van der Waals surface area contributed by atoms with Gasteiger partial charge in [-0.05, 0) is 25.2 Å². The molecule has 0 aromatic carbocycles. The van der Waals surface area contributed by atoms with Crippen molar-refractivity contribution >= 4 is 0 Å². The molecule has 11 heavy (non-hydrogen) atoms. The molecule has 0 heterocycles. The first-order chi connectivity index (χ1) is 5.36. The van der Waals surface area contributed by atoms with Crippen molar-refractivity contribution in [2.45, 2.75) is 19.3 Å². The van der Waals surface area contributed by atoms with E-state index in [9.17, 15) is 0 Å². The lowest BCUT2D eigenvalue weighted by Crippen LogP contribution is -2.08. The first-order valence-corrected chi connectivity index (χ1v) is 3.88. The normalized spacial score (nSPS) is 33.6. The first kappa shape index (κ1) is 6.43. The number of hydrogen-bond donors (Lipinski definition) is 0. The van der Waals surface area contributed by atoms with Crippen LogP contribution in [0.4, 0.5) is 0 Å². The lowest BCUT2D eigenvalue weighted by Gasteiger charge is -2.11. The third-order valence-electron chi connectivity index (χ3n) is 2.75. The molecule has 0 saturated heterocycles. The van der Waals surface area contributed by atoms with Crippen LogP contribution in [0.1, 0.15) is 19.3 Å². The molecule has 2 atom stereocenters. The Morgan fingerprint density at radius 2 is 2.18 bits per heavy atom. The molecule has 54 valence electrons. The minimum Gasteiger partial charge on any atom is -0.198 e. The second kappa shape index (κ2) is 2.10. The van der Waals surface area contributed by atoms with E-state index in [-0.39, 0.29) is 5.92 Å². The van der Waals surface area contributed by atoms with Crippen LogP contribution in [0.3, 0.4) is 0 Å². The summed E-state index contributed by atoms with van der Waals surface area (Å²) < 4.78 is 0. The second-order valence-corrected chi connectivity index (χ2v) is 3.24. The van der Waals surface area contributed by atoms with Crippen molar-refractivity contribution < 1.29 is 0 Å². The highest BCUT2D eigenvalue weighted by atomic mass is 14.4. The minimum absolute atomic E-state index is 0.0660. The highest BCUT2D eigenvalue weighted by Crippen LogP contribution is 2.47. The van der Waals surface area contributed by atoms with E-state index in [1.807, 2.05) is 0 Å². The largest absolute Gasteiger partial charge is 0.198 e. The molecule has 2 aliphatic rings. The topological polar surface area (TPSA) is 47.6 Å². The summed E-state index contributed by atoms with van der Waals surface area (Å²) in [4.78, 5) is 0. The average Bonchev–Trinajstić information content (AvgIpc) is 2.60. The van der Waals surface area contributed by atoms with E-state index in [1.54, 1.807) is 0 Å². The molecule has 1 fully saturated rings. The molecule has 2 nitrogen and oxygen atoms in total. The van der Waals surface area contributed by atoms with Gasteiger partial charge in [0.15, 0.2) is 0 Å². The van der Waals surface area contributed by atoms with Gasteiger partial charge in [-0.1, -0.05) is 5.57 Å². The van der Waals surface area contributed by atoms with Crippen molar-refractivity contribution in [1.82, 2.24) is 0 Å². The van der Waals surface area contributed by atoms with Gasteiger partial charge in [0, 0.05) is 5.57 Å². The second-order valence-electron chi connectivity index (χ2n) is 3.24. The van der Waals surface area contributed by atoms with Gasteiger partial charge in [0.2, 0.25) is 0 Å². The van der Waals surface area contributed by atoms with Crippen LogP contribution >= 0.6 is 0 Å². The molecule has 0 aromatic rings. The Hall–Kier alpha value is -1.28. The molecule has 1 saturated carbocycles. The predicted molar refractivity (Wildman–Crippen MR) is 39.1 cm³/mol. The smallest absolute Gasteiger partial charge is 0.0960 e. The van der Waals surface area contributed by atoms with E-state index >= 15 is 0 Å². The lowest BCUT2D eigenvalue weighted by atomic mass is 9.88. The zero-order valence-corrected chi connectivity index (χ0v) is 6.17. The maximum absolute atomic E-state index is 8.75. The van der Waals surface area contributed by atoms with Crippen LogP contribution in [0.2, 0.25) is 0 Å². The molecule has 0 N–H and O–H groups in total. The molecule has 2 heteroatoms. The maximum atomic E-state index is 8.75. The SMILES string of the molecule is N#CC1=C2CCC(C2)C1C#N. The van der Waals surface area contributed by atoms with E-state index in [0.717, 1.165) is 24.8 Å². The fraction of sp³-hybridized carbons (Fsp3) is 0.556. The van der Waals surface area contributed by atoms with Crippen molar-refractivity contribution in [3.63, 3.8) is 0 Å². The van der Waals surface area contributed by atoms with Gasteiger partial charge < -0.3 is 0 Å². The third-order valence-corrected chi connectivity index (χ3v) is 2.75. The van der Waals surface area contributed by atoms with Gasteiger partial charge in [0.25, 0.3) is 0 Å². The third kappa shape index (κ3) is 0.700. The molecule has 0 radical (unpaired) electrons. The van der Waals surface area contributed by atoms with Crippen LogP contribution in [0.25, 0.3) is 0 Å². The molecule has 2 bridgehead atoms. The van der Waals surface area contributed by atoms with Gasteiger partial charge in [-0.2, -0.15) is 10.5 Å². The van der Waals surface area contributed by atoms with Crippen molar-refractivity contribution in [1.29, 1.82) is 10.5 Å². The van der Waals surface area contributed by atoms with E-state index in [1.165, 1.54) is 5.57 Å². The Balaban J connectivity index is 2.42. The van der Waals surface area contributed by atoms with Gasteiger partial charge in [0.05, 0.1) is 18.1 Å². The van der Waals surface area contributed by atoms with Gasteiger partial charge >= 0.3 is 0 Å². The summed E-state index contributed by atoms with van der Waals surface area (Å²) in [6.07, 6.45) is 3.20. The van der Waals surface area contributed by atoms with Crippen molar-refractivity contribution in [3.8, 4) is 12.1 Å². The highest BCUT2D eigenvalue weighted by Gasteiger charge is 2.39. The minimum atomic E-state index is -0.0660. The maximum Gasteiger partial charge on any atom is 0.0960 e. The lowest BCUT2D eigenvalue weighted by molar-refractivity contribution is 0.486. The monoisotopic (exact) mass is 144 g/mol. The number of rotatable bonds is 0. The molecular formula is C9H8N2.